The summed E-state index contributed by atoms with van der Waals surface area (Å²) in [5.74, 6) is -0.163. The Kier molecular flexibility index (Phi) is 6.09. The summed E-state index contributed by atoms with van der Waals surface area (Å²) in [6, 6.07) is 14.2. The van der Waals surface area contributed by atoms with Crippen molar-refractivity contribution in [2.75, 3.05) is 5.32 Å². The maximum Gasteiger partial charge on any atom is 0.416 e. The van der Waals surface area contributed by atoms with Crippen molar-refractivity contribution in [3.63, 3.8) is 0 Å². The number of carbonyl (C=O) groups is 2. The number of urea groups is 1. The van der Waals surface area contributed by atoms with Crippen LogP contribution in [0, 0.1) is 0 Å². The topological polar surface area (TPSA) is 107 Å². The van der Waals surface area contributed by atoms with Crippen molar-refractivity contribution in [3.8, 4) is 11.5 Å². The third-order valence-corrected chi connectivity index (χ3v) is 4.93. The van der Waals surface area contributed by atoms with Gasteiger partial charge in [-0.3, -0.25) is 4.79 Å². The van der Waals surface area contributed by atoms with E-state index >= 15 is 0 Å². The van der Waals surface area contributed by atoms with Gasteiger partial charge in [-0.25, -0.2) is 9.48 Å². The molecular formula is C23H19F3N6O2. The van der Waals surface area contributed by atoms with Gasteiger partial charge < -0.3 is 20.9 Å². The summed E-state index contributed by atoms with van der Waals surface area (Å²) in [6.07, 6.45) is 0.134. The van der Waals surface area contributed by atoms with Gasteiger partial charge in [0.25, 0.3) is 5.91 Å². The summed E-state index contributed by atoms with van der Waals surface area (Å²) in [5.41, 5.74) is 5.88. The van der Waals surface area contributed by atoms with E-state index in [-0.39, 0.29) is 17.8 Å². The van der Waals surface area contributed by atoms with Crippen LogP contribution in [0.25, 0.3) is 11.5 Å². The lowest BCUT2D eigenvalue weighted by molar-refractivity contribution is -0.137. The molecule has 2 heterocycles. The van der Waals surface area contributed by atoms with Crippen molar-refractivity contribution in [2.24, 2.45) is 5.73 Å². The number of rotatable bonds is 6. The number of alkyl halides is 3. The minimum Gasteiger partial charge on any atom is -0.351 e. The zero-order valence-corrected chi connectivity index (χ0v) is 17.6. The first-order valence-corrected chi connectivity index (χ1v) is 10.0. The van der Waals surface area contributed by atoms with E-state index < -0.39 is 23.7 Å². The Morgan fingerprint density at radius 2 is 1.71 bits per heavy atom. The van der Waals surface area contributed by atoms with Crippen LogP contribution in [-0.4, -0.2) is 26.3 Å². The lowest BCUT2D eigenvalue weighted by Crippen LogP contribution is -2.24. The van der Waals surface area contributed by atoms with Crippen LogP contribution in [0.2, 0.25) is 0 Å². The number of primary amides is 1. The van der Waals surface area contributed by atoms with Crippen LogP contribution in [0.15, 0.2) is 79.3 Å². The third-order valence-electron chi connectivity index (χ3n) is 4.93. The van der Waals surface area contributed by atoms with Crippen molar-refractivity contribution in [3.05, 3.63) is 95.9 Å². The van der Waals surface area contributed by atoms with Crippen molar-refractivity contribution < 1.29 is 22.8 Å². The monoisotopic (exact) mass is 468 g/mol. The van der Waals surface area contributed by atoms with Gasteiger partial charge in [0.05, 0.1) is 17.4 Å². The van der Waals surface area contributed by atoms with Gasteiger partial charge in [-0.1, -0.05) is 18.2 Å². The van der Waals surface area contributed by atoms with Crippen molar-refractivity contribution in [1.82, 2.24) is 19.7 Å². The molecule has 0 aliphatic carbocycles. The van der Waals surface area contributed by atoms with Crippen LogP contribution in [-0.2, 0) is 12.7 Å². The smallest absolute Gasteiger partial charge is 0.351 e. The van der Waals surface area contributed by atoms with Crippen LogP contribution in [0.3, 0.4) is 0 Å². The van der Waals surface area contributed by atoms with E-state index in [0.29, 0.717) is 11.5 Å². The molecule has 0 unspecified atom stereocenters. The van der Waals surface area contributed by atoms with Crippen LogP contribution < -0.4 is 16.4 Å². The predicted octanol–water partition coefficient (Wildman–Crippen LogP) is 4.10. The summed E-state index contributed by atoms with van der Waals surface area (Å²) in [6.45, 7) is 0.176. The molecule has 0 aliphatic rings. The average molecular weight is 468 g/mol. The Labute approximate surface area is 191 Å². The highest BCUT2D eigenvalue weighted by molar-refractivity contribution is 5.97. The number of carbonyl (C=O) groups excluding carboxylic acids is 2. The SMILES string of the molecule is NC(=O)Nc1ccc(CNC(=O)c2cnn(-c3cccc(C(F)(F)F)c3)c2-n2cccc2)cc1. The molecular weight excluding hydrogens is 449 g/mol. The standard InChI is InChI=1S/C23H19F3N6O2/c24-23(25,26)16-4-3-5-18(12-16)32-21(31-10-1-2-11-31)19(14-29-32)20(33)28-13-15-6-8-17(9-7-15)30-22(27)34/h1-12,14H,13H2,(H,28,33)(H3,27,30,34). The zero-order valence-electron chi connectivity index (χ0n) is 17.6. The number of nitrogens with one attached hydrogen (secondary N) is 2. The highest BCUT2D eigenvalue weighted by Crippen LogP contribution is 2.31. The fraction of sp³-hybridized carbons (Fsp3) is 0.0870. The molecule has 2 aromatic heterocycles. The van der Waals surface area contributed by atoms with Gasteiger partial charge in [0.15, 0.2) is 5.82 Å². The molecule has 0 aliphatic heterocycles. The lowest BCUT2D eigenvalue weighted by Gasteiger charge is -2.13. The lowest BCUT2D eigenvalue weighted by atomic mass is 10.2. The number of halogens is 3. The normalized spacial score (nSPS) is 11.3. The van der Waals surface area contributed by atoms with E-state index in [0.717, 1.165) is 17.7 Å². The minimum atomic E-state index is -4.51. The van der Waals surface area contributed by atoms with E-state index in [2.05, 4.69) is 15.7 Å². The zero-order chi connectivity index (χ0) is 24.3. The molecule has 0 saturated heterocycles. The molecule has 174 valence electrons. The molecule has 4 rings (SSSR count). The van der Waals surface area contributed by atoms with Gasteiger partial charge in [-0.15, -0.1) is 0 Å². The summed E-state index contributed by atoms with van der Waals surface area (Å²) >= 11 is 0. The number of nitrogens with zero attached hydrogens (tertiary/aromatic N) is 3. The number of amides is 3. The van der Waals surface area contributed by atoms with Crippen LogP contribution in [0.4, 0.5) is 23.7 Å². The van der Waals surface area contributed by atoms with Crippen molar-refractivity contribution in [1.29, 1.82) is 0 Å². The summed E-state index contributed by atoms with van der Waals surface area (Å²) < 4.78 is 42.5. The van der Waals surface area contributed by atoms with E-state index in [4.69, 9.17) is 5.73 Å². The van der Waals surface area contributed by atoms with E-state index in [9.17, 15) is 22.8 Å². The predicted molar refractivity (Wildman–Crippen MR) is 119 cm³/mol. The highest BCUT2D eigenvalue weighted by atomic mass is 19.4. The van der Waals surface area contributed by atoms with Gasteiger partial charge in [0, 0.05) is 24.6 Å². The molecule has 8 nitrogen and oxygen atoms in total. The number of anilines is 1. The second-order valence-corrected chi connectivity index (χ2v) is 7.30. The second kappa shape index (κ2) is 9.14. The van der Waals surface area contributed by atoms with Crippen LogP contribution in [0.5, 0.6) is 0 Å². The fourth-order valence-electron chi connectivity index (χ4n) is 3.36. The fourth-order valence-corrected chi connectivity index (χ4v) is 3.36. The van der Waals surface area contributed by atoms with Crippen molar-refractivity contribution >= 4 is 17.6 Å². The molecule has 11 heteroatoms. The molecule has 0 saturated carbocycles. The maximum absolute atomic E-state index is 13.2. The third kappa shape index (κ3) is 4.93. The Morgan fingerprint density at radius 3 is 2.35 bits per heavy atom. The first-order valence-electron chi connectivity index (χ1n) is 10.0. The quantitative estimate of drug-likeness (QED) is 0.397. The Bertz CT molecular complexity index is 1310. The molecule has 4 aromatic rings. The summed E-state index contributed by atoms with van der Waals surface area (Å²) in [7, 11) is 0. The first-order chi connectivity index (χ1) is 16.2. The molecule has 0 fully saturated rings. The Morgan fingerprint density at radius 1 is 1.00 bits per heavy atom. The number of hydrogen-bond donors (Lipinski definition) is 3. The molecule has 2 aromatic carbocycles. The van der Waals surface area contributed by atoms with Gasteiger partial charge in [-0.05, 0) is 48.0 Å². The second-order valence-electron chi connectivity index (χ2n) is 7.30. The van der Waals surface area contributed by atoms with Crippen LogP contribution in [0.1, 0.15) is 21.5 Å². The molecule has 0 bridgehead atoms. The number of benzene rings is 2. The van der Waals surface area contributed by atoms with Gasteiger partial charge in [-0.2, -0.15) is 18.3 Å². The summed E-state index contributed by atoms with van der Waals surface area (Å²) in [4.78, 5) is 23.9. The largest absolute Gasteiger partial charge is 0.416 e. The minimum absolute atomic E-state index is 0.162. The molecule has 0 radical (unpaired) electrons. The highest BCUT2D eigenvalue weighted by Gasteiger charge is 2.31. The number of aromatic nitrogens is 3. The van der Waals surface area contributed by atoms with E-state index in [1.807, 2.05) is 0 Å². The Hall–Kier alpha value is -4.54. The first kappa shape index (κ1) is 22.6. The summed E-state index contributed by atoms with van der Waals surface area (Å²) in [5, 5.41) is 9.42. The van der Waals surface area contributed by atoms with Gasteiger partial charge in [0.2, 0.25) is 0 Å². The van der Waals surface area contributed by atoms with Gasteiger partial charge in [0.1, 0.15) is 5.56 Å². The van der Waals surface area contributed by atoms with Crippen LogP contribution >= 0.6 is 0 Å². The number of hydrogen-bond acceptors (Lipinski definition) is 3. The van der Waals surface area contributed by atoms with Crippen molar-refractivity contribution in [2.45, 2.75) is 12.7 Å². The number of nitrogens with two attached hydrogens (primary N) is 1. The average Bonchev–Trinajstić information content (AvgIpc) is 3.47. The molecule has 0 atom stereocenters. The molecule has 34 heavy (non-hydrogen) atoms. The van der Waals surface area contributed by atoms with E-state index in [1.54, 1.807) is 53.4 Å². The Balaban J connectivity index is 1.61. The molecule has 0 spiro atoms. The molecule has 3 amide bonds. The van der Waals surface area contributed by atoms with Gasteiger partial charge >= 0.3 is 12.2 Å². The maximum atomic E-state index is 13.2. The molecule has 4 N–H and O–H groups in total. The van der Waals surface area contributed by atoms with E-state index in [1.165, 1.54) is 23.0 Å².